The first-order chi connectivity index (χ1) is 15.5. The fraction of sp³-hybridized carbons (Fsp3) is 0.800. The van der Waals surface area contributed by atoms with E-state index in [-0.39, 0.29) is 18.6 Å². The zero-order valence-electron chi connectivity index (χ0n) is 23.3. The molecule has 10 nitrogen and oxygen atoms in total. The summed E-state index contributed by atoms with van der Waals surface area (Å²) < 4.78 is 16.3. The number of carbonyl (C=O) groups excluding carboxylic acids is 4. The fourth-order valence-corrected chi connectivity index (χ4v) is 3.08. The van der Waals surface area contributed by atoms with Gasteiger partial charge >= 0.3 is 18.0 Å². The van der Waals surface area contributed by atoms with E-state index in [4.69, 9.17) is 14.2 Å². The predicted octanol–water partition coefficient (Wildman–Crippen LogP) is 3.96. The molecule has 1 N–H and O–H groups in total. The predicted molar refractivity (Wildman–Crippen MR) is 132 cm³/mol. The first kappa shape index (κ1) is 30.4. The summed E-state index contributed by atoms with van der Waals surface area (Å²) in [6.07, 6.45) is -1.11. The molecule has 0 spiro atoms. The average Bonchev–Trinajstić information content (AvgIpc) is 2.89. The van der Waals surface area contributed by atoms with E-state index >= 15 is 0 Å². The van der Waals surface area contributed by atoms with Gasteiger partial charge in [-0.15, -0.1) is 0 Å². The maximum Gasteiger partial charge on any atom is 0.417 e. The van der Waals surface area contributed by atoms with Crippen LogP contribution in [0.4, 0.5) is 4.79 Å². The minimum absolute atomic E-state index is 0.0119. The van der Waals surface area contributed by atoms with Crippen LogP contribution in [-0.4, -0.2) is 62.9 Å². The Kier molecular flexibility index (Phi) is 9.15. The van der Waals surface area contributed by atoms with Gasteiger partial charge in [0.05, 0.1) is 0 Å². The number of nitrogens with one attached hydrogen (secondary N) is 1. The number of hydrogen-bond donors (Lipinski definition) is 1. The van der Waals surface area contributed by atoms with Crippen LogP contribution in [0, 0.1) is 5.92 Å². The molecule has 1 unspecified atom stereocenters. The van der Waals surface area contributed by atoms with Crippen molar-refractivity contribution in [2.24, 2.45) is 11.0 Å². The topological polar surface area (TPSA) is 124 Å². The number of likely N-dealkylation sites (tertiary alicyclic amines) is 1. The number of carbonyl (C=O) groups is 4. The summed E-state index contributed by atoms with van der Waals surface area (Å²) in [6.45, 7) is 20.9. The molecule has 0 aliphatic carbocycles. The minimum atomic E-state index is -1.18. The zero-order valence-corrected chi connectivity index (χ0v) is 23.3. The third-order valence-electron chi connectivity index (χ3n) is 4.28. The standard InChI is InChI=1S/C25H43N3O7/c1-22(2,3)27-26-16(19(30)33-23(4,5)6)13-15-14-17(20(31)34-24(7,8)9)28(18(15)29)21(32)35-25(10,11)12/h15,17,27H,13-14H2,1-12H3/b26-16-/t15?,17-/m0/s1. The SMILES string of the molecule is CC(C)(C)N/N=C(/CC1C[C@@H](C(=O)OC(C)(C)C)N(C(=O)OC(C)(C)C)C1=O)C(=O)OC(C)(C)C. The Hall–Kier alpha value is -2.65. The van der Waals surface area contributed by atoms with Crippen LogP contribution in [0.3, 0.4) is 0 Å². The molecule has 0 saturated carbocycles. The van der Waals surface area contributed by atoms with Crippen LogP contribution in [0.5, 0.6) is 0 Å². The second kappa shape index (κ2) is 10.5. The van der Waals surface area contributed by atoms with Crippen LogP contribution >= 0.6 is 0 Å². The fourth-order valence-electron chi connectivity index (χ4n) is 3.08. The molecule has 1 saturated heterocycles. The average molecular weight is 498 g/mol. The van der Waals surface area contributed by atoms with Gasteiger partial charge in [0, 0.05) is 17.9 Å². The van der Waals surface area contributed by atoms with E-state index in [1.54, 1.807) is 62.3 Å². The van der Waals surface area contributed by atoms with Gasteiger partial charge < -0.3 is 19.6 Å². The summed E-state index contributed by atoms with van der Waals surface area (Å²) in [5, 5.41) is 4.22. The number of rotatable bonds is 5. The first-order valence-electron chi connectivity index (χ1n) is 11.8. The monoisotopic (exact) mass is 497 g/mol. The Balaban J connectivity index is 3.33. The molecule has 35 heavy (non-hydrogen) atoms. The van der Waals surface area contributed by atoms with Crippen molar-refractivity contribution in [2.75, 3.05) is 0 Å². The van der Waals surface area contributed by atoms with Gasteiger partial charge in [0.25, 0.3) is 0 Å². The van der Waals surface area contributed by atoms with Crippen LogP contribution in [-0.2, 0) is 28.6 Å². The highest BCUT2D eigenvalue weighted by molar-refractivity contribution is 6.37. The van der Waals surface area contributed by atoms with Crippen molar-refractivity contribution >= 4 is 29.7 Å². The number of amides is 2. The highest BCUT2D eigenvalue weighted by Gasteiger charge is 2.50. The normalized spacial score (nSPS) is 19.9. The first-order valence-corrected chi connectivity index (χ1v) is 11.8. The molecule has 2 atom stereocenters. The van der Waals surface area contributed by atoms with Gasteiger partial charge in [-0.05, 0) is 89.5 Å². The highest BCUT2D eigenvalue weighted by atomic mass is 16.6. The van der Waals surface area contributed by atoms with Crippen LogP contribution in [0.15, 0.2) is 5.10 Å². The van der Waals surface area contributed by atoms with Gasteiger partial charge in [-0.2, -0.15) is 5.10 Å². The summed E-state index contributed by atoms with van der Waals surface area (Å²) >= 11 is 0. The quantitative estimate of drug-likeness (QED) is 0.262. The van der Waals surface area contributed by atoms with Gasteiger partial charge in [0.15, 0.2) is 0 Å². The number of esters is 2. The van der Waals surface area contributed by atoms with E-state index in [1.807, 2.05) is 20.8 Å². The van der Waals surface area contributed by atoms with Crippen LogP contribution in [0.2, 0.25) is 0 Å². The molecule has 0 aromatic rings. The number of hydrazone groups is 1. The summed E-state index contributed by atoms with van der Waals surface area (Å²) in [7, 11) is 0. The Morgan fingerprint density at radius 3 is 1.77 bits per heavy atom. The molecule has 0 aromatic carbocycles. The Morgan fingerprint density at radius 2 is 1.34 bits per heavy atom. The van der Waals surface area contributed by atoms with Crippen molar-refractivity contribution in [1.82, 2.24) is 10.3 Å². The van der Waals surface area contributed by atoms with E-state index in [0.717, 1.165) is 4.90 Å². The van der Waals surface area contributed by atoms with E-state index in [9.17, 15) is 19.2 Å². The van der Waals surface area contributed by atoms with Crippen molar-refractivity contribution < 1.29 is 33.4 Å². The van der Waals surface area contributed by atoms with Crippen LogP contribution in [0.25, 0.3) is 0 Å². The van der Waals surface area contributed by atoms with Crippen molar-refractivity contribution in [3.63, 3.8) is 0 Å². The lowest BCUT2D eigenvalue weighted by Gasteiger charge is -2.28. The maximum atomic E-state index is 13.3. The summed E-state index contributed by atoms with van der Waals surface area (Å²) in [5.41, 5.74) is -0.0553. The third-order valence-corrected chi connectivity index (χ3v) is 4.28. The van der Waals surface area contributed by atoms with Gasteiger partial charge in [0.2, 0.25) is 5.91 Å². The minimum Gasteiger partial charge on any atom is -0.458 e. The van der Waals surface area contributed by atoms with E-state index in [1.165, 1.54) is 0 Å². The third kappa shape index (κ3) is 10.7. The molecule has 200 valence electrons. The molecule has 1 heterocycles. The number of hydrogen-bond acceptors (Lipinski definition) is 9. The zero-order chi connectivity index (χ0) is 27.6. The van der Waals surface area contributed by atoms with Crippen molar-refractivity contribution in [1.29, 1.82) is 0 Å². The number of imide groups is 1. The molecular weight excluding hydrogens is 454 g/mol. The second-order valence-electron chi connectivity index (χ2n) is 12.8. The van der Waals surface area contributed by atoms with Gasteiger partial charge in [-0.25, -0.2) is 19.3 Å². The molecule has 0 bridgehead atoms. The van der Waals surface area contributed by atoms with Crippen molar-refractivity contribution in [3.05, 3.63) is 0 Å². The Morgan fingerprint density at radius 1 is 0.857 bits per heavy atom. The molecule has 10 heteroatoms. The molecule has 0 radical (unpaired) electrons. The van der Waals surface area contributed by atoms with Crippen LogP contribution in [0.1, 0.15) is 95.9 Å². The highest BCUT2D eigenvalue weighted by Crippen LogP contribution is 2.31. The number of nitrogens with zero attached hydrogens (tertiary/aromatic N) is 2. The molecule has 1 aliphatic rings. The largest absolute Gasteiger partial charge is 0.458 e. The van der Waals surface area contributed by atoms with Crippen LogP contribution < -0.4 is 5.43 Å². The van der Waals surface area contributed by atoms with E-state index in [0.29, 0.717) is 0 Å². The van der Waals surface area contributed by atoms with Gasteiger partial charge in [0.1, 0.15) is 28.6 Å². The van der Waals surface area contributed by atoms with Crippen molar-refractivity contribution in [2.45, 2.75) is 124 Å². The van der Waals surface area contributed by atoms with E-state index < -0.39 is 58.2 Å². The van der Waals surface area contributed by atoms with Crippen molar-refractivity contribution in [3.8, 4) is 0 Å². The maximum absolute atomic E-state index is 13.3. The molecule has 1 fully saturated rings. The number of ether oxygens (including phenoxy) is 3. The second-order valence-corrected chi connectivity index (χ2v) is 12.8. The molecule has 0 aromatic heterocycles. The molecule has 2 amide bonds. The molecule has 1 aliphatic heterocycles. The lowest BCUT2D eigenvalue weighted by atomic mass is 9.98. The van der Waals surface area contributed by atoms with Gasteiger partial charge in [-0.3, -0.25) is 4.79 Å². The summed E-state index contributed by atoms with van der Waals surface area (Å²) in [5.74, 6) is -2.93. The molecule has 1 rings (SSSR count). The summed E-state index contributed by atoms with van der Waals surface area (Å²) in [4.78, 5) is 52.9. The lowest BCUT2D eigenvalue weighted by molar-refractivity contribution is -0.161. The van der Waals surface area contributed by atoms with E-state index in [2.05, 4.69) is 10.5 Å². The van der Waals surface area contributed by atoms with Gasteiger partial charge in [-0.1, -0.05) is 0 Å². The lowest BCUT2D eigenvalue weighted by Crippen LogP contribution is -2.47. The Labute approximate surface area is 209 Å². The smallest absolute Gasteiger partial charge is 0.417 e. The summed E-state index contributed by atoms with van der Waals surface area (Å²) in [6, 6.07) is -1.18. The Bertz CT molecular complexity index is 852. The molecular formula is C25H43N3O7.